The number of nitrogens with one attached hydrogen (secondary N) is 1. The second kappa shape index (κ2) is 4.59. The van der Waals surface area contributed by atoms with Crippen molar-refractivity contribution in [2.75, 3.05) is 11.9 Å². The lowest BCUT2D eigenvalue weighted by atomic mass is 10.5. The molecule has 0 radical (unpaired) electrons. The Kier molecular flexibility index (Phi) is 3.17. The molecule has 0 saturated heterocycles. The molecule has 0 aliphatic carbocycles. The molecule has 2 heterocycles. The van der Waals surface area contributed by atoms with Crippen molar-refractivity contribution in [2.45, 2.75) is 13.5 Å². The molecule has 1 N–H and O–H groups in total. The van der Waals surface area contributed by atoms with Crippen molar-refractivity contribution in [1.82, 2.24) is 9.55 Å². The van der Waals surface area contributed by atoms with E-state index in [4.69, 9.17) is 0 Å². The Hall–Kier alpha value is -1.14. The van der Waals surface area contributed by atoms with E-state index < -0.39 is 0 Å². The second-order valence-corrected chi connectivity index (χ2v) is 4.93. The summed E-state index contributed by atoms with van der Waals surface area (Å²) in [6.07, 6.45) is 3.62. The zero-order chi connectivity index (χ0) is 10.7. The molecular formula is C9H11N3OS2. The van der Waals surface area contributed by atoms with E-state index in [0.717, 1.165) is 16.6 Å². The van der Waals surface area contributed by atoms with Gasteiger partial charge in [-0.05, 0) is 6.92 Å². The molecule has 0 saturated carbocycles. The smallest absolute Gasteiger partial charge is 0.307 e. The summed E-state index contributed by atoms with van der Waals surface area (Å²) in [5.41, 5.74) is 0. The summed E-state index contributed by atoms with van der Waals surface area (Å²) in [5.74, 6) is 0. The number of nitrogens with zero attached hydrogens (tertiary/aromatic N) is 2. The third-order valence-electron chi connectivity index (χ3n) is 1.85. The van der Waals surface area contributed by atoms with Crippen LogP contribution in [0.5, 0.6) is 0 Å². The minimum Gasteiger partial charge on any atom is -0.362 e. The average Bonchev–Trinajstić information content (AvgIpc) is 2.79. The Morgan fingerprint density at radius 2 is 2.47 bits per heavy atom. The molecule has 2 aromatic rings. The van der Waals surface area contributed by atoms with Crippen LogP contribution in [0.25, 0.3) is 0 Å². The fourth-order valence-corrected chi connectivity index (χ4v) is 2.65. The summed E-state index contributed by atoms with van der Waals surface area (Å²) < 4.78 is 1.69. The molecule has 4 nitrogen and oxygen atoms in total. The molecule has 2 aromatic heterocycles. The highest BCUT2D eigenvalue weighted by Gasteiger charge is 2.03. The van der Waals surface area contributed by atoms with E-state index in [9.17, 15) is 4.79 Å². The van der Waals surface area contributed by atoms with Gasteiger partial charge in [-0.1, -0.05) is 11.3 Å². The van der Waals surface area contributed by atoms with E-state index in [0.29, 0.717) is 6.54 Å². The van der Waals surface area contributed by atoms with E-state index in [2.05, 4.69) is 10.3 Å². The Labute approximate surface area is 95.2 Å². The summed E-state index contributed by atoms with van der Waals surface area (Å²) in [6.45, 7) is 3.52. The first-order chi connectivity index (χ1) is 7.29. The molecule has 0 atom stereocenters. The van der Waals surface area contributed by atoms with Gasteiger partial charge in [-0.15, -0.1) is 11.3 Å². The molecule has 0 aromatic carbocycles. The van der Waals surface area contributed by atoms with Gasteiger partial charge in [-0.3, -0.25) is 4.79 Å². The minimum absolute atomic E-state index is 0.0772. The van der Waals surface area contributed by atoms with Crippen molar-refractivity contribution in [3.05, 3.63) is 32.3 Å². The van der Waals surface area contributed by atoms with Crippen LogP contribution >= 0.6 is 22.7 Å². The largest absolute Gasteiger partial charge is 0.362 e. The summed E-state index contributed by atoms with van der Waals surface area (Å²) in [5, 5.41) is 5.86. The molecule has 0 aliphatic rings. The normalized spacial score (nSPS) is 10.5. The monoisotopic (exact) mass is 241 g/mol. The summed E-state index contributed by atoms with van der Waals surface area (Å²) >= 11 is 2.80. The number of anilines is 1. The molecule has 0 bridgehead atoms. The van der Waals surface area contributed by atoms with Gasteiger partial charge in [0.25, 0.3) is 0 Å². The zero-order valence-corrected chi connectivity index (χ0v) is 9.90. The van der Waals surface area contributed by atoms with Crippen molar-refractivity contribution in [3.8, 4) is 0 Å². The van der Waals surface area contributed by atoms with Gasteiger partial charge in [-0.25, -0.2) is 4.98 Å². The van der Waals surface area contributed by atoms with Crippen LogP contribution in [-0.4, -0.2) is 16.1 Å². The highest BCUT2D eigenvalue weighted by Crippen LogP contribution is 2.18. The maximum atomic E-state index is 11.3. The summed E-state index contributed by atoms with van der Waals surface area (Å²) in [4.78, 5) is 16.7. The van der Waals surface area contributed by atoms with Gasteiger partial charge >= 0.3 is 4.87 Å². The molecule has 2 rings (SSSR count). The van der Waals surface area contributed by atoms with Crippen molar-refractivity contribution >= 4 is 27.8 Å². The lowest BCUT2D eigenvalue weighted by Crippen LogP contribution is -2.11. The van der Waals surface area contributed by atoms with Gasteiger partial charge in [0, 0.05) is 29.2 Å². The second-order valence-electron chi connectivity index (χ2n) is 2.96. The topological polar surface area (TPSA) is 46.9 Å². The predicted octanol–water partition coefficient (Wildman–Crippen LogP) is 1.85. The van der Waals surface area contributed by atoms with Crippen LogP contribution in [0.4, 0.5) is 5.13 Å². The summed E-state index contributed by atoms with van der Waals surface area (Å²) in [7, 11) is 0. The number of hydrogen-bond donors (Lipinski definition) is 1. The molecular weight excluding hydrogens is 230 g/mol. The number of rotatable bonds is 4. The quantitative estimate of drug-likeness (QED) is 0.888. The van der Waals surface area contributed by atoms with E-state index in [1.165, 1.54) is 11.3 Å². The molecule has 15 heavy (non-hydrogen) atoms. The first-order valence-corrected chi connectivity index (χ1v) is 6.31. The Balaban J connectivity index is 2.11. The van der Waals surface area contributed by atoms with Crippen molar-refractivity contribution in [1.29, 1.82) is 0 Å². The van der Waals surface area contributed by atoms with Gasteiger partial charge < -0.3 is 9.88 Å². The van der Waals surface area contributed by atoms with E-state index in [1.807, 2.05) is 13.1 Å². The SMILES string of the molecule is CCNc1ncc(Cn2ccsc2=O)s1. The first kappa shape index (κ1) is 10.4. The highest BCUT2D eigenvalue weighted by atomic mass is 32.1. The number of aromatic nitrogens is 2. The van der Waals surface area contributed by atoms with Gasteiger partial charge in [0.1, 0.15) is 0 Å². The lowest BCUT2D eigenvalue weighted by Gasteiger charge is -1.96. The van der Waals surface area contributed by atoms with E-state index in [1.54, 1.807) is 27.5 Å². The molecule has 0 aliphatic heterocycles. The predicted molar refractivity (Wildman–Crippen MR) is 64.0 cm³/mol. The van der Waals surface area contributed by atoms with E-state index in [-0.39, 0.29) is 4.87 Å². The van der Waals surface area contributed by atoms with Crippen LogP contribution < -0.4 is 10.2 Å². The Bertz CT molecular complexity index is 485. The van der Waals surface area contributed by atoms with E-state index >= 15 is 0 Å². The molecule has 6 heteroatoms. The first-order valence-electron chi connectivity index (χ1n) is 4.62. The Morgan fingerprint density at radius 3 is 3.13 bits per heavy atom. The third-order valence-corrected chi connectivity index (χ3v) is 3.49. The van der Waals surface area contributed by atoms with Gasteiger partial charge in [0.2, 0.25) is 0 Å². The maximum absolute atomic E-state index is 11.3. The minimum atomic E-state index is 0.0772. The molecule has 0 spiro atoms. The number of hydrogen-bond acceptors (Lipinski definition) is 5. The van der Waals surface area contributed by atoms with Crippen molar-refractivity contribution in [2.24, 2.45) is 0 Å². The standard InChI is InChI=1S/C9H11N3OS2/c1-2-10-8-11-5-7(15-8)6-12-3-4-14-9(12)13/h3-5H,2,6H2,1H3,(H,10,11). The average molecular weight is 241 g/mol. The maximum Gasteiger partial charge on any atom is 0.307 e. The molecule has 0 fully saturated rings. The van der Waals surface area contributed by atoms with Gasteiger partial charge in [-0.2, -0.15) is 0 Å². The van der Waals surface area contributed by atoms with Gasteiger partial charge in [0.05, 0.1) is 6.54 Å². The van der Waals surface area contributed by atoms with Gasteiger partial charge in [0.15, 0.2) is 5.13 Å². The lowest BCUT2D eigenvalue weighted by molar-refractivity contribution is 0.794. The molecule has 0 unspecified atom stereocenters. The van der Waals surface area contributed by atoms with Crippen LogP contribution in [0.2, 0.25) is 0 Å². The Morgan fingerprint density at radius 1 is 1.60 bits per heavy atom. The fraction of sp³-hybridized carbons (Fsp3) is 0.333. The van der Waals surface area contributed by atoms with Crippen LogP contribution in [0, 0.1) is 0 Å². The third kappa shape index (κ3) is 2.45. The van der Waals surface area contributed by atoms with Crippen molar-refractivity contribution in [3.63, 3.8) is 0 Å². The van der Waals surface area contributed by atoms with Crippen LogP contribution in [0.1, 0.15) is 11.8 Å². The van der Waals surface area contributed by atoms with Crippen LogP contribution in [-0.2, 0) is 6.54 Å². The fourth-order valence-electron chi connectivity index (χ4n) is 1.19. The summed E-state index contributed by atoms with van der Waals surface area (Å²) in [6, 6.07) is 0. The molecule has 0 amide bonds. The van der Waals surface area contributed by atoms with Crippen LogP contribution in [0.3, 0.4) is 0 Å². The van der Waals surface area contributed by atoms with Crippen LogP contribution in [0.15, 0.2) is 22.6 Å². The highest BCUT2D eigenvalue weighted by molar-refractivity contribution is 7.15. The zero-order valence-electron chi connectivity index (χ0n) is 8.27. The number of thiazole rings is 2. The van der Waals surface area contributed by atoms with Crippen molar-refractivity contribution < 1.29 is 0 Å². The molecule has 80 valence electrons.